The minimum atomic E-state index is 1.19. The molecule has 1 radical (unpaired) electrons. The van der Waals surface area contributed by atoms with Gasteiger partial charge in [-0.2, -0.15) is 0 Å². The van der Waals surface area contributed by atoms with Crippen LogP contribution >= 0.6 is 0 Å². The summed E-state index contributed by atoms with van der Waals surface area (Å²) in [6.45, 7) is 2.38. The monoisotopic (exact) mass is 270 g/mol. The van der Waals surface area contributed by atoms with Crippen LogP contribution in [0.5, 0.6) is 0 Å². The van der Waals surface area contributed by atoms with E-state index in [0.29, 0.717) is 0 Å². The van der Waals surface area contributed by atoms with Gasteiger partial charge in [0.2, 0.25) is 0 Å². The van der Waals surface area contributed by atoms with Crippen LogP contribution in [0.4, 0.5) is 5.69 Å². The lowest BCUT2D eigenvalue weighted by molar-refractivity contribution is 0.949. The zero-order valence-electron chi connectivity index (χ0n) is 11.9. The van der Waals surface area contributed by atoms with Gasteiger partial charge in [0, 0.05) is 24.2 Å². The van der Waals surface area contributed by atoms with Crippen LogP contribution in [0.3, 0.4) is 0 Å². The van der Waals surface area contributed by atoms with Gasteiger partial charge in [-0.15, -0.1) is 0 Å². The zero-order valence-corrected chi connectivity index (χ0v) is 11.9. The van der Waals surface area contributed by atoms with E-state index >= 15 is 0 Å². The van der Waals surface area contributed by atoms with Crippen LogP contribution in [0.15, 0.2) is 48.5 Å². The Morgan fingerprint density at radius 3 is 2.43 bits per heavy atom. The van der Waals surface area contributed by atoms with Crippen LogP contribution in [0.25, 0.3) is 32.3 Å². The number of nitrogens with zero attached hydrogens (tertiary/aromatic N) is 1. The van der Waals surface area contributed by atoms with Gasteiger partial charge in [0.1, 0.15) is 0 Å². The Kier molecular flexibility index (Phi) is 2.23. The summed E-state index contributed by atoms with van der Waals surface area (Å²) in [5.74, 6) is 0. The average molecular weight is 270 g/mol. The molecule has 1 heteroatoms. The first-order chi connectivity index (χ1) is 10.4. The molecule has 0 bridgehead atoms. The van der Waals surface area contributed by atoms with Crippen molar-refractivity contribution in [1.82, 2.24) is 0 Å². The lowest BCUT2D eigenvalue weighted by atomic mass is 9.93. The van der Waals surface area contributed by atoms with Crippen LogP contribution in [-0.4, -0.2) is 13.1 Å². The fraction of sp³-hybridized carbons (Fsp3) is 0.200. The molecule has 0 amide bonds. The van der Waals surface area contributed by atoms with Gasteiger partial charge in [-0.25, -0.2) is 0 Å². The summed E-state index contributed by atoms with van der Waals surface area (Å²) in [7, 11) is 0. The SMILES string of the molecule is [c]1ccc2ccc3c(N4CCCC4)ccc4ccc1c2c43. The second kappa shape index (κ2) is 4.11. The van der Waals surface area contributed by atoms with Crippen molar-refractivity contribution in [2.75, 3.05) is 18.0 Å². The molecule has 1 fully saturated rings. The van der Waals surface area contributed by atoms with E-state index in [1.54, 1.807) is 0 Å². The Balaban J connectivity index is 1.96. The van der Waals surface area contributed by atoms with Gasteiger partial charge in [-0.1, -0.05) is 42.5 Å². The maximum Gasteiger partial charge on any atom is 0.0446 e. The van der Waals surface area contributed by atoms with E-state index in [-0.39, 0.29) is 0 Å². The minimum absolute atomic E-state index is 1.19. The Morgan fingerprint density at radius 1 is 0.762 bits per heavy atom. The molecule has 4 aromatic rings. The molecule has 0 N–H and O–H groups in total. The second-order valence-corrected chi connectivity index (χ2v) is 6.05. The molecule has 1 saturated heterocycles. The summed E-state index contributed by atoms with van der Waals surface area (Å²) < 4.78 is 0. The molecular weight excluding hydrogens is 254 g/mol. The molecule has 0 atom stereocenters. The van der Waals surface area contributed by atoms with Crippen molar-refractivity contribution in [3.8, 4) is 0 Å². The second-order valence-electron chi connectivity index (χ2n) is 6.05. The Labute approximate surface area is 124 Å². The number of hydrogen-bond donors (Lipinski definition) is 0. The summed E-state index contributed by atoms with van der Waals surface area (Å²) in [4.78, 5) is 2.54. The van der Waals surface area contributed by atoms with Crippen LogP contribution in [-0.2, 0) is 0 Å². The average Bonchev–Trinajstić information content (AvgIpc) is 3.07. The molecule has 0 aliphatic carbocycles. The minimum Gasteiger partial charge on any atom is -0.371 e. The summed E-state index contributed by atoms with van der Waals surface area (Å²) in [6.07, 6.45) is 2.63. The Bertz CT molecular complexity index is 932. The largest absolute Gasteiger partial charge is 0.371 e. The van der Waals surface area contributed by atoms with Crippen molar-refractivity contribution < 1.29 is 0 Å². The van der Waals surface area contributed by atoms with Crippen molar-refractivity contribution in [1.29, 1.82) is 0 Å². The molecule has 0 aromatic heterocycles. The zero-order chi connectivity index (χ0) is 13.8. The fourth-order valence-electron chi connectivity index (χ4n) is 3.87. The predicted octanol–water partition coefficient (Wildman–Crippen LogP) is 4.98. The van der Waals surface area contributed by atoms with E-state index < -0.39 is 0 Å². The van der Waals surface area contributed by atoms with Crippen LogP contribution in [0, 0.1) is 6.07 Å². The third kappa shape index (κ3) is 1.52. The van der Waals surface area contributed by atoms with E-state index in [0.717, 1.165) is 0 Å². The first-order valence-electron chi connectivity index (χ1n) is 7.75. The Hall–Kier alpha value is -2.28. The lowest BCUT2D eigenvalue weighted by Gasteiger charge is -2.21. The number of anilines is 1. The van der Waals surface area contributed by atoms with Gasteiger partial charge in [0.05, 0.1) is 0 Å². The topological polar surface area (TPSA) is 3.24 Å². The first kappa shape index (κ1) is 11.4. The van der Waals surface area contributed by atoms with Gasteiger partial charge >= 0.3 is 0 Å². The highest BCUT2D eigenvalue weighted by Crippen LogP contribution is 2.39. The van der Waals surface area contributed by atoms with Gasteiger partial charge in [0.15, 0.2) is 0 Å². The van der Waals surface area contributed by atoms with Crippen LogP contribution in [0.2, 0.25) is 0 Å². The molecular formula is C20H16N. The highest BCUT2D eigenvalue weighted by atomic mass is 15.1. The number of hydrogen-bond acceptors (Lipinski definition) is 1. The van der Waals surface area contributed by atoms with Crippen LogP contribution < -0.4 is 4.90 Å². The maximum absolute atomic E-state index is 3.39. The van der Waals surface area contributed by atoms with Gasteiger partial charge < -0.3 is 4.90 Å². The Morgan fingerprint density at radius 2 is 1.52 bits per heavy atom. The molecule has 0 spiro atoms. The highest BCUT2D eigenvalue weighted by Gasteiger charge is 2.17. The molecule has 21 heavy (non-hydrogen) atoms. The first-order valence-corrected chi connectivity index (χ1v) is 7.75. The van der Waals surface area contributed by atoms with E-state index in [1.165, 1.54) is 63.9 Å². The lowest BCUT2D eigenvalue weighted by Crippen LogP contribution is -2.17. The summed E-state index contributed by atoms with van der Waals surface area (Å²) in [5, 5.41) is 8.06. The van der Waals surface area contributed by atoms with Crippen molar-refractivity contribution in [2.45, 2.75) is 12.8 Å². The molecule has 4 aromatic carbocycles. The molecule has 1 aliphatic rings. The van der Waals surface area contributed by atoms with Crippen LogP contribution in [0.1, 0.15) is 12.8 Å². The summed E-state index contributed by atoms with van der Waals surface area (Å²) in [6, 6.07) is 21.2. The molecule has 1 aliphatic heterocycles. The molecule has 1 heterocycles. The fourth-order valence-corrected chi connectivity index (χ4v) is 3.87. The highest BCUT2D eigenvalue weighted by molar-refractivity contribution is 6.25. The van der Waals surface area contributed by atoms with E-state index in [9.17, 15) is 0 Å². The summed E-state index contributed by atoms with van der Waals surface area (Å²) >= 11 is 0. The summed E-state index contributed by atoms with van der Waals surface area (Å²) in [5.41, 5.74) is 1.40. The molecule has 0 unspecified atom stereocenters. The standard InChI is InChI=1S/C20H16N/c1-2-13-21(12-1)18-11-9-16-7-6-14-4-3-5-15-8-10-17(18)20(16)19(14)15/h3,5-11H,1-2,12-13H2. The van der Waals surface area contributed by atoms with Gasteiger partial charge in [-0.3, -0.25) is 0 Å². The number of rotatable bonds is 1. The van der Waals surface area contributed by atoms with E-state index in [4.69, 9.17) is 0 Å². The quantitative estimate of drug-likeness (QED) is 0.441. The van der Waals surface area contributed by atoms with E-state index in [2.05, 4.69) is 53.4 Å². The van der Waals surface area contributed by atoms with Gasteiger partial charge in [-0.05, 0) is 51.9 Å². The smallest absolute Gasteiger partial charge is 0.0446 e. The predicted molar refractivity (Wildman–Crippen MR) is 90.4 cm³/mol. The van der Waals surface area contributed by atoms with Crippen molar-refractivity contribution in [3.63, 3.8) is 0 Å². The van der Waals surface area contributed by atoms with Crippen molar-refractivity contribution in [2.24, 2.45) is 0 Å². The van der Waals surface area contributed by atoms with Crippen molar-refractivity contribution >= 4 is 38.0 Å². The molecule has 101 valence electrons. The van der Waals surface area contributed by atoms with Gasteiger partial charge in [0.25, 0.3) is 0 Å². The molecule has 0 saturated carbocycles. The maximum atomic E-state index is 3.39. The third-order valence-corrected chi connectivity index (χ3v) is 4.87. The molecule has 5 rings (SSSR count). The van der Waals surface area contributed by atoms with Crippen molar-refractivity contribution in [3.05, 3.63) is 54.6 Å². The third-order valence-electron chi connectivity index (χ3n) is 4.87. The van der Waals surface area contributed by atoms with E-state index in [1.807, 2.05) is 6.07 Å². The molecule has 1 nitrogen and oxygen atoms in total. The normalized spacial score (nSPS) is 15.7. The number of benzene rings is 4.